The fourth-order valence-electron chi connectivity index (χ4n) is 2.54. The number of aromatic nitrogens is 1. The molecule has 0 aliphatic heterocycles. The van der Waals surface area contributed by atoms with E-state index in [0.29, 0.717) is 12.2 Å². The molecule has 29 heavy (non-hydrogen) atoms. The van der Waals surface area contributed by atoms with E-state index in [1.807, 2.05) is 31.2 Å². The number of nitrogens with zero attached hydrogens (tertiary/aromatic N) is 1. The van der Waals surface area contributed by atoms with Crippen molar-refractivity contribution < 1.29 is 13.2 Å². The lowest BCUT2D eigenvalue weighted by Crippen LogP contribution is -2.28. The maximum atomic E-state index is 12.2. The van der Waals surface area contributed by atoms with Gasteiger partial charge in [0, 0.05) is 31.2 Å². The maximum absolute atomic E-state index is 12.2. The number of nitrogens with one attached hydrogen (secondary N) is 3. The molecule has 8 heteroatoms. The summed E-state index contributed by atoms with van der Waals surface area (Å²) in [7, 11) is -3.62. The number of hydrogen-bond acceptors (Lipinski definition) is 4. The van der Waals surface area contributed by atoms with E-state index in [1.54, 1.807) is 30.3 Å². The smallest absolute Gasteiger partial charge is 0.319 e. The minimum atomic E-state index is -3.62. The van der Waals surface area contributed by atoms with Crippen molar-refractivity contribution in [2.24, 2.45) is 0 Å². The molecule has 0 spiro atoms. The minimum Gasteiger partial charge on any atom is -0.334 e. The summed E-state index contributed by atoms with van der Waals surface area (Å²) in [5.41, 5.74) is 3.57. The molecule has 0 unspecified atom stereocenters. The van der Waals surface area contributed by atoms with E-state index in [-0.39, 0.29) is 17.5 Å². The molecule has 3 N–H and O–H groups in total. The fraction of sp³-hybridized carbons (Fsp3) is 0.143. The summed E-state index contributed by atoms with van der Waals surface area (Å²) in [6, 6.07) is 17.6. The number of hydrogen-bond donors (Lipinski definition) is 3. The Kier molecular flexibility index (Phi) is 6.58. The van der Waals surface area contributed by atoms with Crippen LogP contribution in [0, 0.1) is 6.92 Å². The average molecular weight is 410 g/mol. The van der Waals surface area contributed by atoms with E-state index in [4.69, 9.17) is 0 Å². The largest absolute Gasteiger partial charge is 0.334 e. The number of sulfonamides is 1. The van der Waals surface area contributed by atoms with E-state index in [1.165, 1.54) is 24.0 Å². The second kappa shape index (κ2) is 9.31. The molecular formula is C21H22N4O3S. The second-order valence-corrected chi connectivity index (χ2v) is 8.27. The van der Waals surface area contributed by atoms with Crippen molar-refractivity contribution >= 4 is 21.7 Å². The van der Waals surface area contributed by atoms with Gasteiger partial charge in [0.25, 0.3) is 0 Å². The van der Waals surface area contributed by atoms with Gasteiger partial charge in [0.15, 0.2) is 0 Å². The Morgan fingerprint density at radius 1 is 0.931 bits per heavy atom. The quantitative estimate of drug-likeness (QED) is 0.557. The molecule has 2 amide bonds. The van der Waals surface area contributed by atoms with Crippen molar-refractivity contribution in [2.75, 3.05) is 5.32 Å². The molecule has 1 heterocycles. The van der Waals surface area contributed by atoms with Crippen molar-refractivity contribution in [1.29, 1.82) is 0 Å². The molecule has 0 saturated carbocycles. The van der Waals surface area contributed by atoms with E-state index in [0.717, 1.165) is 11.1 Å². The molecule has 0 bridgehead atoms. The molecule has 0 atom stereocenters. The summed E-state index contributed by atoms with van der Waals surface area (Å²) in [6.07, 6.45) is 2.81. The Morgan fingerprint density at radius 2 is 1.59 bits per heavy atom. The standard InChI is InChI=1S/C21H22N4O3S/c1-16-4-6-17(7-5-16)13-23-21(26)25-19-10-8-18(9-11-19)14-24-29(27,28)20-3-2-12-22-15-20/h2-12,15,24H,13-14H2,1H3,(H2,23,25,26). The van der Waals surface area contributed by atoms with Crippen LogP contribution in [0.4, 0.5) is 10.5 Å². The predicted octanol–water partition coefficient (Wildman–Crippen LogP) is 3.19. The lowest BCUT2D eigenvalue weighted by atomic mass is 10.1. The van der Waals surface area contributed by atoms with E-state index in [2.05, 4.69) is 20.3 Å². The summed E-state index contributed by atoms with van der Waals surface area (Å²) >= 11 is 0. The van der Waals surface area contributed by atoms with Crippen LogP contribution >= 0.6 is 0 Å². The summed E-state index contributed by atoms with van der Waals surface area (Å²) in [5, 5.41) is 5.55. The van der Waals surface area contributed by atoms with Crippen LogP contribution in [0.15, 0.2) is 78.0 Å². The number of pyridine rings is 1. The normalized spacial score (nSPS) is 11.1. The first kappa shape index (κ1) is 20.5. The first-order valence-electron chi connectivity index (χ1n) is 9.01. The van der Waals surface area contributed by atoms with Crippen molar-refractivity contribution in [3.63, 3.8) is 0 Å². The maximum Gasteiger partial charge on any atom is 0.319 e. The van der Waals surface area contributed by atoms with Gasteiger partial charge < -0.3 is 10.6 Å². The van der Waals surface area contributed by atoms with Gasteiger partial charge in [-0.25, -0.2) is 17.9 Å². The SMILES string of the molecule is Cc1ccc(CNC(=O)Nc2ccc(CNS(=O)(=O)c3cccnc3)cc2)cc1. The van der Waals surface area contributed by atoms with Crippen LogP contribution < -0.4 is 15.4 Å². The number of rotatable bonds is 7. The topological polar surface area (TPSA) is 100 Å². The number of amides is 2. The van der Waals surface area contributed by atoms with Gasteiger partial charge in [-0.3, -0.25) is 4.98 Å². The zero-order valence-electron chi connectivity index (χ0n) is 15.9. The Balaban J connectivity index is 1.49. The highest BCUT2D eigenvalue weighted by Gasteiger charge is 2.13. The van der Waals surface area contributed by atoms with E-state index in [9.17, 15) is 13.2 Å². The van der Waals surface area contributed by atoms with Gasteiger partial charge in [0.05, 0.1) is 0 Å². The molecule has 3 aromatic rings. The molecular weight excluding hydrogens is 388 g/mol. The molecule has 7 nitrogen and oxygen atoms in total. The van der Waals surface area contributed by atoms with Crippen LogP contribution in [-0.4, -0.2) is 19.4 Å². The number of benzene rings is 2. The first-order valence-corrected chi connectivity index (χ1v) is 10.5. The van der Waals surface area contributed by atoms with Crippen molar-refractivity contribution in [3.05, 3.63) is 89.7 Å². The zero-order chi connectivity index (χ0) is 20.7. The molecule has 0 saturated heterocycles. The minimum absolute atomic E-state index is 0.114. The van der Waals surface area contributed by atoms with Gasteiger partial charge in [0.2, 0.25) is 10.0 Å². The highest BCUT2D eigenvalue weighted by Crippen LogP contribution is 2.11. The van der Waals surface area contributed by atoms with Gasteiger partial charge >= 0.3 is 6.03 Å². The summed E-state index contributed by atoms with van der Waals surface area (Å²) in [5.74, 6) is 0. The third kappa shape index (κ3) is 6.13. The Bertz CT molecular complexity index is 1050. The van der Waals surface area contributed by atoms with Crippen LogP contribution in [0.5, 0.6) is 0 Å². The lowest BCUT2D eigenvalue weighted by molar-refractivity contribution is 0.251. The summed E-state index contributed by atoms with van der Waals surface area (Å²) < 4.78 is 26.9. The predicted molar refractivity (Wildman–Crippen MR) is 112 cm³/mol. The van der Waals surface area contributed by atoms with Crippen LogP contribution in [0.2, 0.25) is 0 Å². The van der Waals surface area contributed by atoms with Gasteiger partial charge in [-0.2, -0.15) is 0 Å². The molecule has 1 aromatic heterocycles. The first-order chi connectivity index (χ1) is 13.9. The number of anilines is 1. The molecule has 0 radical (unpaired) electrons. The van der Waals surface area contributed by atoms with Crippen molar-refractivity contribution in [1.82, 2.24) is 15.0 Å². The molecule has 0 fully saturated rings. The van der Waals surface area contributed by atoms with Crippen molar-refractivity contribution in [3.8, 4) is 0 Å². The van der Waals surface area contributed by atoms with Gasteiger partial charge in [-0.1, -0.05) is 42.0 Å². The Hall–Kier alpha value is -3.23. The third-order valence-corrected chi connectivity index (χ3v) is 5.58. The van der Waals surface area contributed by atoms with Crippen LogP contribution in [-0.2, 0) is 23.1 Å². The molecule has 2 aromatic carbocycles. The molecule has 150 valence electrons. The zero-order valence-corrected chi connectivity index (χ0v) is 16.7. The molecule has 3 rings (SSSR count). The highest BCUT2D eigenvalue weighted by atomic mass is 32.2. The van der Waals surface area contributed by atoms with Crippen LogP contribution in [0.25, 0.3) is 0 Å². The van der Waals surface area contributed by atoms with E-state index < -0.39 is 10.0 Å². The van der Waals surface area contributed by atoms with Crippen LogP contribution in [0.3, 0.4) is 0 Å². The second-order valence-electron chi connectivity index (χ2n) is 6.50. The summed E-state index contributed by atoms with van der Waals surface area (Å²) in [6.45, 7) is 2.58. The van der Waals surface area contributed by atoms with E-state index >= 15 is 0 Å². The average Bonchev–Trinajstić information content (AvgIpc) is 2.73. The lowest BCUT2D eigenvalue weighted by Gasteiger charge is -2.09. The fourth-order valence-corrected chi connectivity index (χ4v) is 3.52. The van der Waals surface area contributed by atoms with Crippen LogP contribution in [0.1, 0.15) is 16.7 Å². The number of carbonyl (C=O) groups is 1. The van der Waals surface area contributed by atoms with Gasteiger partial charge in [-0.05, 0) is 42.3 Å². The van der Waals surface area contributed by atoms with Gasteiger partial charge in [0.1, 0.15) is 4.90 Å². The Labute approximate surface area is 170 Å². The highest BCUT2D eigenvalue weighted by molar-refractivity contribution is 7.89. The number of aryl methyl sites for hydroxylation is 1. The number of carbonyl (C=O) groups excluding carboxylic acids is 1. The molecule has 0 aliphatic rings. The monoisotopic (exact) mass is 410 g/mol. The van der Waals surface area contributed by atoms with Gasteiger partial charge in [-0.15, -0.1) is 0 Å². The Morgan fingerprint density at radius 3 is 2.24 bits per heavy atom. The molecule has 0 aliphatic carbocycles. The number of urea groups is 1. The summed E-state index contributed by atoms with van der Waals surface area (Å²) in [4.78, 5) is 16.0. The third-order valence-electron chi connectivity index (χ3n) is 4.20. The van der Waals surface area contributed by atoms with Crippen molar-refractivity contribution in [2.45, 2.75) is 24.9 Å².